The van der Waals surface area contributed by atoms with Crippen LogP contribution in [0, 0.1) is 5.92 Å². The lowest BCUT2D eigenvalue weighted by Gasteiger charge is -2.26. The van der Waals surface area contributed by atoms with Crippen molar-refractivity contribution < 1.29 is 9.53 Å². The van der Waals surface area contributed by atoms with Gasteiger partial charge in [-0.3, -0.25) is 0 Å². The standard InChI is InChI=1S/C15H24BrN3O2/c1-10(2)12(19-14(20)21-15(3,4)5)9-18-13-7-6-11(16)8-17-13/h6-8,10,12H,9H2,1-5H3,(H,17,18)(H,19,20). The predicted octanol–water partition coefficient (Wildman–Crippen LogP) is 3.81. The van der Waals surface area contributed by atoms with Gasteiger partial charge in [0.1, 0.15) is 11.4 Å². The Kier molecular flexibility index (Phi) is 6.45. The smallest absolute Gasteiger partial charge is 0.407 e. The molecule has 1 atom stereocenters. The number of carbonyl (C=O) groups is 1. The molecule has 0 aliphatic heterocycles. The van der Waals surface area contributed by atoms with Gasteiger partial charge < -0.3 is 15.4 Å². The molecule has 1 heterocycles. The lowest BCUT2D eigenvalue weighted by molar-refractivity contribution is 0.0494. The molecule has 6 heteroatoms. The summed E-state index contributed by atoms with van der Waals surface area (Å²) in [7, 11) is 0. The lowest BCUT2D eigenvalue weighted by atomic mass is 10.0. The van der Waals surface area contributed by atoms with Gasteiger partial charge in [0.2, 0.25) is 0 Å². The third-order valence-corrected chi connectivity index (χ3v) is 3.21. The van der Waals surface area contributed by atoms with Gasteiger partial charge in [-0.1, -0.05) is 13.8 Å². The van der Waals surface area contributed by atoms with Crippen molar-refractivity contribution in [2.75, 3.05) is 11.9 Å². The number of ether oxygens (including phenoxy) is 1. The first-order chi connectivity index (χ1) is 9.67. The molecule has 1 aromatic rings. The molecule has 21 heavy (non-hydrogen) atoms. The van der Waals surface area contributed by atoms with Crippen LogP contribution in [-0.2, 0) is 4.74 Å². The second-order valence-corrected chi connectivity index (χ2v) is 7.15. The number of alkyl carbamates (subject to hydrolysis) is 1. The maximum absolute atomic E-state index is 11.8. The van der Waals surface area contributed by atoms with Crippen molar-refractivity contribution in [3.05, 3.63) is 22.8 Å². The largest absolute Gasteiger partial charge is 0.444 e. The van der Waals surface area contributed by atoms with Crippen molar-refractivity contribution >= 4 is 27.8 Å². The summed E-state index contributed by atoms with van der Waals surface area (Å²) in [4.78, 5) is 16.1. The molecular formula is C15H24BrN3O2. The SMILES string of the molecule is CC(C)C(CNc1ccc(Br)cn1)NC(=O)OC(C)(C)C. The summed E-state index contributed by atoms with van der Waals surface area (Å²) >= 11 is 3.35. The molecule has 1 rings (SSSR count). The first-order valence-electron chi connectivity index (χ1n) is 7.02. The molecule has 118 valence electrons. The maximum Gasteiger partial charge on any atom is 0.407 e. The Morgan fingerprint density at radius 2 is 2.05 bits per heavy atom. The molecule has 0 saturated carbocycles. The zero-order valence-corrected chi connectivity index (χ0v) is 14.8. The number of hydrogen-bond acceptors (Lipinski definition) is 4. The Hall–Kier alpha value is -1.30. The van der Waals surface area contributed by atoms with E-state index in [1.54, 1.807) is 6.20 Å². The third kappa shape index (κ3) is 7.32. The average Bonchev–Trinajstić information content (AvgIpc) is 2.33. The minimum Gasteiger partial charge on any atom is -0.444 e. The van der Waals surface area contributed by atoms with Gasteiger partial charge >= 0.3 is 6.09 Å². The fraction of sp³-hybridized carbons (Fsp3) is 0.600. The van der Waals surface area contributed by atoms with E-state index in [0.29, 0.717) is 6.54 Å². The van der Waals surface area contributed by atoms with E-state index in [9.17, 15) is 4.79 Å². The Bertz CT molecular complexity index is 455. The lowest BCUT2D eigenvalue weighted by Crippen LogP contribution is -2.45. The van der Waals surface area contributed by atoms with Gasteiger partial charge in [0, 0.05) is 17.2 Å². The topological polar surface area (TPSA) is 63.2 Å². The van der Waals surface area contributed by atoms with Crippen molar-refractivity contribution in [2.45, 2.75) is 46.3 Å². The van der Waals surface area contributed by atoms with Crippen molar-refractivity contribution in [3.8, 4) is 0 Å². The van der Waals surface area contributed by atoms with Crippen LogP contribution in [0.25, 0.3) is 0 Å². The molecule has 2 N–H and O–H groups in total. The first kappa shape index (κ1) is 17.8. The molecule has 0 spiro atoms. The second kappa shape index (κ2) is 7.64. The Labute approximate surface area is 135 Å². The van der Waals surface area contributed by atoms with Crippen LogP contribution >= 0.6 is 15.9 Å². The highest BCUT2D eigenvalue weighted by Gasteiger charge is 2.21. The summed E-state index contributed by atoms with van der Waals surface area (Å²) in [5.74, 6) is 1.05. The van der Waals surface area contributed by atoms with Crippen molar-refractivity contribution in [1.82, 2.24) is 10.3 Å². The van der Waals surface area contributed by atoms with Crippen LogP contribution in [0.15, 0.2) is 22.8 Å². The number of carbonyl (C=O) groups excluding carboxylic acids is 1. The Balaban J connectivity index is 2.54. The van der Waals surface area contributed by atoms with Crippen LogP contribution in [-0.4, -0.2) is 29.3 Å². The summed E-state index contributed by atoms with van der Waals surface area (Å²) < 4.78 is 6.22. The second-order valence-electron chi connectivity index (χ2n) is 6.24. The van der Waals surface area contributed by atoms with Crippen LogP contribution in [0.1, 0.15) is 34.6 Å². The summed E-state index contributed by atoms with van der Waals surface area (Å²) in [6.07, 6.45) is 1.33. The minimum absolute atomic E-state index is 0.0368. The van der Waals surface area contributed by atoms with Gasteiger partial charge in [-0.05, 0) is 54.8 Å². The third-order valence-electron chi connectivity index (χ3n) is 2.74. The van der Waals surface area contributed by atoms with E-state index in [4.69, 9.17) is 4.74 Å². The molecular weight excluding hydrogens is 334 g/mol. The number of nitrogens with zero attached hydrogens (tertiary/aromatic N) is 1. The zero-order valence-electron chi connectivity index (χ0n) is 13.2. The average molecular weight is 358 g/mol. The molecule has 0 bridgehead atoms. The first-order valence-corrected chi connectivity index (χ1v) is 7.81. The van der Waals surface area contributed by atoms with E-state index in [1.807, 2.05) is 32.9 Å². The van der Waals surface area contributed by atoms with Crippen LogP contribution in [0.2, 0.25) is 0 Å². The minimum atomic E-state index is -0.494. The van der Waals surface area contributed by atoms with E-state index < -0.39 is 11.7 Å². The molecule has 0 aromatic carbocycles. The van der Waals surface area contributed by atoms with E-state index in [0.717, 1.165) is 10.3 Å². The number of halogens is 1. The highest BCUT2D eigenvalue weighted by molar-refractivity contribution is 9.10. The monoisotopic (exact) mass is 357 g/mol. The normalized spacial score (nSPS) is 12.9. The van der Waals surface area contributed by atoms with E-state index in [-0.39, 0.29) is 12.0 Å². The van der Waals surface area contributed by atoms with Crippen LogP contribution in [0.3, 0.4) is 0 Å². The Morgan fingerprint density at radius 1 is 1.38 bits per heavy atom. The summed E-state index contributed by atoms with van der Waals surface area (Å²) in [6, 6.07) is 3.76. The fourth-order valence-corrected chi connectivity index (χ4v) is 1.84. The van der Waals surface area contributed by atoms with Crippen molar-refractivity contribution in [3.63, 3.8) is 0 Å². The fourth-order valence-electron chi connectivity index (χ4n) is 1.61. The summed E-state index contributed by atoms with van der Waals surface area (Å²) in [6.45, 7) is 10.2. The van der Waals surface area contributed by atoms with Gasteiger partial charge in [-0.25, -0.2) is 9.78 Å². The molecule has 0 aliphatic carbocycles. The predicted molar refractivity (Wildman–Crippen MR) is 88.4 cm³/mol. The van der Waals surface area contributed by atoms with E-state index >= 15 is 0 Å². The van der Waals surface area contributed by atoms with Gasteiger partial charge in [0.15, 0.2) is 0 Å². The molecule has 1 unspecified atom stereocenters. The number of pyridine rings is 1. The number of aromatic nitrogens is 1. The maximum atomic E-state index is 11.8. The van der Waals surface area contributed by atoms with Crippen LogP contribution in [0.4, 0.5) is 10.6 Å². The molecule has 0 radical (unpaired) electrons. The van der Waals surface area contributed by atoms with Crippen molar-refractivity contribution in [1.29, 1.82) is 0 Å². The number of rotatable bonds is 5. The van der Waals surface area contributed by atoms with E-state index in [2.05, 4.69) is 45.4 Å². The van der Waals surface area contributed by atoms with Gasteiger partial charge in [0.05, 0.1) is 6.04 Å². The summed E-state index contributed by atoms with van der Waals surface area (Å²) in [5, 5.41) is 6.11. The molecule has 0 aliphatic rings. The number of hydrogen-bond donors (Lipinski definition) is 2. The molecule has 1 amide bonds. The van der Waals surface area contributed by atoms with Gasteiger partial charge in [0.25, 0.3) is 0 Å². The number of amides is 1. The van der Waals surface area contributed by atoms with Gasteiger partial charge in [-0.15, -0.1) is 0 Å². The van der Waals surface area contributed by atoms with Gasteiger partial charge in [-0.2, -0.15) is 0 Å². The number of nitrogens with one attached hydrogen (secondary N) is 2. The zero-order chi connectivity index (χ0) is 16.0. The highest BCUT2D eigenvalue weighted by atomic mass is 79.9. The quantitative estimate of drug-likeness (QED) is 0.840. The van der Waals surface area contributed by atoms with E-state index in [1.165, 1.54) is 0 Å². The molecule has 0 fully saturated rings. The van der Waals surface area contributed by atoms with Crippen LogP contribution in [0.5, 0.6) is 0 Å². The molecule has 5 nitrogen and oxygen atoms in total. The number of anilines is 1. The molecule has 0 saturated heterocycles. The molecule has 1 aromatic heterocycles. The highest BCUT2D eigenvalue weighted by Crippen LogP contribution is 2.12. The van der Waals surface area contributed by atoms with Crippen molar-refractivity contribution in [2.24, 2.45) is 5.92 Å². The summed E-state index contributed by atoms with van der Waals surface area (Å²) in [5.41, 5.74) is -0.494. The van der Waals surface area contributed by atoms with Crippen LogP contribution < -0.4 is 10.6 Å². The Morgan fingerprint density at radius 3 is 2.52 bits per heavy atom.